The first kappa shape index (κ1) is 98.1. The van der Waals surface area contributed by atoms with Crippen LogP contribution in [0.15, 0.2) is 0 Å². The summed E-state index contributed by atoms with van der Waals surface area (Å²) in [4.78, 5) is 73.0. The van der Waals surface area contributed by atoms with Crippen LogP contribution in [0, 0.1) is 23.7 Å². The highest BCUT2D eigenvalue weighted by molar-refractivity contribution is 7.47. The van der Waals surface area contributed by atoms with E-state index in [0.29, 0.717) is 31.6 Å². The van der Waals surface area contributed by atoms with Crippen LogP contribution in [0.2, 0.25) is 0 Å². The fourth-order valence-electron chi connectivity index (χ4n) is 12.4. The number of esters is 4. The third kappa shape index (κ3) is 73.0. The Hall–Kier alpha value is -1.94. The van der Waals surface area contributed by atoms with Crippen LogP contribution in [0.25, 0.3) is 0 Å². The lowest BCUT2D eigenvalue weighted by molar-refractivity contribution is -0.161. The molecule has 594 valence electrons. The smallest absolute Gasteiger partial charge is 0.462 e. The van der Waals surface area contributed by atoms with Crippen molar-refractivity contribution in [3.8, 4) is 0 Å². The third-order valence-corrected chi connectivity index (χ3v) is 21.1. The van der Waals surface area contributed by atoms with Gasteiger partial charge in [-0.15, -0.1) is 0 Å². The lowest BCUT2D eigenvalue weighted by Crippen LogP contribution is -2.30. The minimum absolute atomic E-state index is 0.105. The van der Waals surface area contributed by atoms with Crippen molar-refractivity contribution in [2.75, 3.05) is 39.6 Å². The van der Waals surface area contributed by atoms with E-state index in [0.717, 1.165) is 114 Å². The summed E-state index contributed by atoms with van der Waals surface area (Å²) in [6.45, 7) is 14.3. The summed E-state index contributed by atoms with van der Waals surface area (Å²) in [6.07, 6.45) is 57.0. The van der Waals surface area contributed by atoms with Crippen molar-refractivity contribution in [3.05, 3.63) is 0 Å². The summed E-state index contributed by atoms with van der Waals surface area (Å²) in [7, 11) is -9.92. The van der Waals surface area contributed by atoms with Gasteiger partial charge in [0.1, 0.15) is 19.3 Å². The summed E-state index contributed by atoms with van der Waals surface area (Å²) in [5.74, 6) is 0.997. The van der Waals surface area contributed by atoms with Gasteiger partial charge in [-0.3, -0.25) is 37.3 Å². The van der Waals surface area contributed by atoms with Crippen LogP contribution in [0.3, 0.4) is 0 Å². The molecule has 0 aliphatic carbocycles. The van der Waals surface area contributed by atoms with Crippen molar-refractivity contribution in [2.45, 2.75) is 433 Å². The van der Waals surface area contributed by atoms with Gasteiger partial charge in [0.2, 0.25) is 0 Å². The SMILES string of the molecule is CCC(C)CCCCCCCCCCCCCCCCCCCCC(=O)O[C@H](COC(=O)CCCCCCCCCCCCCC(C)C)COP(=O)(O)OCC(O)COP(=O)(O)OC[C@@H](COC(=O)CCCCCCCCCC(C)C)OC(=O)CCCCCCCCCCCCCC(C)C. The van der Waals surface area contributed by atoms with Crippen LogP contribution in [0.4, 0.5) is 0 Å². The molecule has 0 aromatic rings. The number of aliphatic hydroxyl groups is 1. The molecule has 19 heteroatoms. The van der Waals surface area contributed by atoms with Gasteiger partial charge in [-0.05, 0) is 49.4 Å². The molecule has 0 saturated carbocycles. The molecule has 0 aromatic heterocycles. The molecule has 0 spiro atoms. The van der Waals surface area contributed by atoms with E-state index in [1.54, 1.807) is 0 Å². The summed E-state index contributed by atoms with van der Waals surface area (Å²) in [5, 5.41) is 10.6. The van der Waals surface area contributed by atoms with Gasteiger partial charge >= 0.3 is 39.5 Å². The maximum absolute atomic E-state index is 13.1. The lowest BCUT2D eigenvalue weighted by atomic mass is 9.99. The lowest BCUT2D eigenvalue weighted by Gasteiger charge is -2.21. The van der Waals surface area contributed by atoms with Gasteiger partial charge in [-0.1, -0.05) is 364 Å². The quantitative estimate of drug-likeness (QED) is 0.0222. The predicted octanol–water partition coefficient (Wildman–Crippen LogP) is 24.0. The minimum atomic E-state index is -4.96. The predicted molar refractivity (Wildman–Crippen MR) is 409 cm³/mol. The van der Waals surface area contributed by atoms with Gasteiger partial charge in [-0.2, -0.15) is 0 Å². The third-order valence-electron chi connectivity index (χ3n) is 19.2. The largest absolute Gasteiger partial charge is 0.472 e. The van der Waals surface area contributed by atoms with E-state index >= 15 is 0 Å². The topological polar surface area (TPSA) is 237 Å². The highest BCUT2D eigenvalue weighted by Gasteiger charge is 2.30. The van der Waals surface area contributed by atoms with Crippen LogP contribution in [-0.4, -0.2) is 96.7 Å². The molecule has 3 N–H and O–H groups in total. The first-order valence-corrected chi connectivity index (χ1v) is 44.7. The Bertz CT molecular complexity index is 1960. The molecule has 17 nitrogen and oxygen atoms in total. The Morgan fingerprint density at radius 2 is 0.480 bits per heavy atom. The van der Waals surface area contributed by atoms with Crippen LogP contribution in [0.5, 0.6) is 0 Å². The first-order chi connectivity index (χ1) is 48.1. The maximum atomic E-state index is 13.1. The number of carbonyl (C=O) groups excluding carboxylic acids is 4. The van der Waals surface area contributed by atoms with Crippen molar-refractivity contribution in [3.63, 3.8) is 0 Å². The van der Waals surface area contributed by atoms with Gasteiger partial charge in [-0.25, -0.2) is 9.13 Å². The van der Waals surface area contributed by atoms with E-state index in [1.165, 1.54) is 212 Å². The molecule has 0 fully saturated rings. The number of phosphoric ester groups is 2. The van der Waals surface area contributed by atoms with Gasteiger partial charge < -0.3 is 33.8 Å². The molecular formula is C81H158O17P2. The van der Waals surface area contributed by atoms with Gasteiger partial charge in [0.25, 0.3) is 0 Å². The maximum Gasteiger partial charge on any atom is 0.472 e. The van der Waals surface area contributed by atoms with Crippen molar-refractivity contribution >= 4 is 39.5 Å². The fraction of sp³-hybridized carbons (Fsp3) is 0.951. The number of rotatable bonds is 78. The zero-order chi connectivity index (χ0) is 73.8. The number of aliphatic hydroxyl groups excluding tert-OH is 1. The van der Waals surface area contributed by atoms with E-state index in [2.05, 4.69) is 55.4 Å². The Morgan fingerprint density at radius 3 is 0.710 bits per heavy atom. The minimum Gasteiger partial charge on any atom is -0.462 e. The zero-order valence-corrected chi connectivity index (χ0v) is 67.6. The Balaban J connectivity index is 5.21. The molecular weight excluding hydrogens is 1310 g/mol. The van der Waals surface area contributed by atoms with E-state index in [1.807, 2.05) is 0 Å². The summed E-state index contributed by atoms with van der Waals surface area (Å²) in [6, 6.07) is 0. The summed E-state index contributed by atoms with van der Waals surface area (Å²) >= 11 is 0. The molecule has 0 saturated heterocycles. The molecule has 0 aliphatic heterocycles. The molecule has 0 aromatic carbocycles. The molecule has 0 heterocycles. The molecule has 0 rings (SSSR count). The number of unbranched alkanes of at least 4 members (excludes halogenated alkanes) is 43. The molecule has 0 amide bonds. The number of hydrogen-bond acceptors (Lipinski definition) is 15. The highest BCUT2D eigenvalue weighted by Crippen LogP contribution is 2.45. The number of ether oxygens (including phenoxy) is 4. The average molecular weight is 1470 g/mol. The second kappa shape index (κ2) is 70.1. The Labute approximate surface area is 613 Å². The van der Waals surface area contributed by atoms with Crippen molar-refractivity contribution in [1.82, 2.24) is 0 Å². The zero-order valence-electron chi connectivity index (χ0n) is 65.8. The molecule has 0 radical (unpaired) electrons. The second-order valence-electron chi connectivity index (χ2n) is 30.8. The van der Waals surface area contributed by atoms with E-state index in [4.69, 9.17) is 37.0 Å². The number of hydrogen-bond donors (Lipinski definition) is 3. The molecule has 6 atom stereocenters. The number of carbonyl (C=O) groups is 4. The molecule has 0 aliphatic rings. The summed E-state index contributed by atoms with van der Waals surface area (Å²) < 4.78 is 68.7. The fourth-order valence-corrected chi connectivity index (χ4v) is 14.0. The van der Waals surface area contributed by atoms with Crippen molar-refractivity contribution in [1.29, 1.82) is 0 Å². The average Bonchev–Trinajstić information content (AvgIpc) is 0.919. The van der Waals surface area contributed by atoms with Gasteiger partial charge in [0.05, 0.1) is 26.4 Å². The number of phosphoric acid groups is 2. The molecule has 100 heavy (non-hydrogen) atoms. The van der Waals surface area contributed by atoms with Gasteiger partial charge in [0, 0.05) is 25.7 Å². The van der Waals surface area contributed by atoms with Crippen molar-refractivity contribution < 1.29 is 80.2 Å². The molecule has 4 unspecified atom stereocenters. The highest BCUT2D eigenvalue weighted by atomic mass is 31.2. The van der Waals surface area contributed by atoms with E-state index in [-0.39, 0.29) is 25.7 Å². The van der Waals surface area contributed by atoms with Crippen LogP contribution in [0.1, 0.15) is 415 Å². The van der Waals surface area contributed by atoms with E-state index in [9.17, 15) is 43.2 Å². The first-order valence-electron chi connectivity index (χ1n) is 41.7. The monoisotopic (exact) mass is 1470 g/mol. The summed E-state index contributed by atoms with van der Waals surface area (Å²) in [5.41, 5.74) is 0. The standard InChI is InChI=1S/C81H158O17P2/c1-9-74(8)60-52-44-36-28-22-16-14-12-10-11-13-15-17-23-30-38-47-55-63-80(85)97-76(67-91-78(83)61-53-45-37-29-24-18-20-26-33-41-49-57-71(2)3)69-95-99(87,88)93-65-75(82)66-94-100(89,90)96-70-77(68-92-79(84)62-54-46-40-32-35-43-51-59-73(6)7)98-81(86)64-56-48-39-31-25-19-21-27-34-42-50-58-72(4)5/h71-77,82H,9-70H2,1-8H3,(H,87,88)(H,89,90)/t74?,75?,76-,77-/m1/s1. The Kier molecular flexibility index (Phi) is 68.7. The van der Waals surface area contributed by atoms with Crippen LogP contribution in [-0.2, 0) is 65.4 Å². The molecule has 0 bridgehead atoms. The van der Waals surface area contributed by atoms with E-state index < -0.39 is 97.5 Å². The van der Waals surface area contributed by atoms with Crippen molar-refractivity contribution in [2.24, 2.45) is 23.7 Å². The Morgan fingerprint density at radius 1 is 0.280 bits per heavy atom. The van der Waals surface area contributed by atoms with Gasteiger partial charge in [0.15, 0.2) is 12.2 Å². The van der Waals surface area contributed by atoms with Crippen LogP contribution < -0.4 is 0 Å². The normalized spacial score (nSPS) is 14.3. The second-order valence-corrected chi connectivity index (χ2v) is 33.7. The van der Waals surface area contributed by atoms with Crippen LogP contribution >= 0.6 is 15.6 Å².